The van der Waals surface area contributed by atoms with E-state index < -0.39 is 0 Å². The first-order chi connectivity index (χ1) is 12.5. The summed E-state index contributed by atoms with van der Waals surface area (Å²) in [5.74, 6) is 0.306. The molecule has 3 rings (SSSR count). The molecule has 10 heteroatoms. The van der Waals surface area contributed by atoms with Gasteiger partial charge in [-0.1, -0.05) is 42.8 Å². The number of carbonyl (C=O) groups excluding carboxylic acids is 1. The fourth-order valence-corrected chi connectivity index (χ4v) is 2.83. The second kappa shape index (κ2) is 7.65. The molecule has 2 aromatic heterocycles. The maximum absolute atomic E-state index is 13.9. The molecule has 0 unspecified atom stereocenters. The Kier molecular flexibility index (Phi) is 5.31. The van der Waals surface area contributed by atoms with E-state index >= 15 is 0 Å². The van der Waals surface area contributed by atoms with Crippen LogP contribution in [0, 0.1) is 5.82 Å². The average Bonchev–Trinajstić information content (AvgIpc) is 3.21. The second-order valence-electron chi connectivity index (χ2n) is 5.78. The standard InChI is InChI=1S/C16H17FN6O2S/c1-9(2)14-20-21-15(25-14)18-12(24)8-26-16-22-19-13(23(16)3)10-6-4-5-7-11(10)17/h4-7,9H,8H2,1-3H3,(H,18,21,24). The molecule has 0 fully saturated rings. The van der Waals surface area contributed by atoms with Gasteiger partial charge < -0.3 is 8.98 Å². The zero-order chi connectivity index (χ0) is 18.7. The Labute approximate surface area is 153 Å². The molecule has 0 atom stereocenters. The van der Waals surface area contributed by atoms with Crippen molar-refractivity contribution in [2.45, 2.75) is 24.9 Å². The summed E-state index contributed by atoms with van der Waals surface area (Å²) in [7, 11) is 1.72. The summed E-state index contributed by atoms with van der Waals surface area (Å²) in [5.41, 5.74) is 0.353. The van der Waals surface area contributed by atoms with Gasteiger partial charge in [-0.2, -0.15) is 0 Å². The Morgan fingerprint density at radius 2 is 2.04 bits per heavy atom. The second-order valence-corrected chi connectivity index (χ2v) is 6.72. The number of benzene rings is 1. The lowest BCUT2D eigenvalue weighted by molar-refractivity contribution is -0.113. The Bertz CT molecular complexity index is 923. The Hall–Kier alpha value is -2.75. The predicted molar refractivity (Wildman–Crippen MR) is 94.1 cm³/mol. The first kappa shape index (κ1) is 18.1. The summed E-state index contributed by atoms with van der Waals surface area (Å²) in [6.07, 6.45) is 0. The summed E-state index contributed by atoms with van der Waals surface area (Å²) in [6.45, 7) is 3.83. The topological polar surface area (TPSA) is 98.7 Å². The number of thioether (sulfide) groups is 1. The van der Waals surface area contributed by atoms with Gasteiger partial charge in [0.2, 0.25) is 11.8 Å². The fourth-order valence-electron chi connectivity index (χ4n) is 2.12. The van der Waals surface area contributed by atoms with Crippen molar-refractivity contribution in [3.63, 3.8) is 0 Å². The Morgan fingerprint density at radius 1 is 1.27 bits per heavy atom. The van der Waals surface area contributed by atoms with Crippen LogP contribution in [0.4, 0.5) is 10.4 Å². The van der Waals surface area contributed by atoms with Crippen LogP contribution in [0.2, 0.25) is 0 Å². The molecule has 26 heavy (non-hydrogen) atoms. The summed E-state index contributed by atoms with van der Waals surface area (Å²) >= 11 is 1.17. The van der Waals surface area contributed by atoms with Crippen LogP contribution in [0.3, 0.4) is 0 Å². The van der Waals surface area contributed by atoms with Crippen molar-refractivity contribution in [2.24, 2.45) is 7.05 Å². The van der Waals surface area contributed by atoms with E-state index in [2.05, 4.69) is 25.7 Å². The summed E-state index contributed by atoms with van der Waals surface area (Å²) in [5, 5.41) is 18.7. The van der Waals surface area contributed by atoms with E-state index in [1.807, 2.05) is 13.8 Å². The number of hydrogen-bond acceptors (Lipinski definition) is 7. The maximum Gasteiger partial charge on any atom is 0.322 e. The lowest BCUT2D eigenvalue weighted by Gasteiger charge is -2.04. The number of rotatable bonds is 6. The van der Waals surface area contributed by atoms with Gasteiger partial charge in [0, 0.05) is 13.0 Å². The highest BCUT2D eigenvalue weighted by molar-refractivity contribution is 7.99. The van der Waals surface area contributed by atoms with Gasteiger partial charge >= 0.3 is 6.01 Å². The molecule has 0 spiro atoms. The molecule has 0 saturated carbocycles. The number of carbonyl (C=O) groups is 1. The molecule has 0 aliphatic heterocycles. The van der Waals surface area contributed by atoms with Gasteiger partial charge in [0.25, 0.3) is 0 Å². The third-order valence-electron chi connectivity index (χ3n) is 3.46. The first-order valence-corrected chi connectivity index (χ1v) is 8.84. The average molecular weight is 376 g/mol. The van der Waals surface area contributed by atoms with Gasteiger partial charge in [0.1, 0.15) is 5.82 Å². The van der Waals surface area contributed by atoms with Crippen LogP contribution in [0.1, 0.15) is 25.7 Å². The van der Waals surface area contributed by atoms with Crippen LogP contribution >= 0.6 is 11.8 Å². The van der Waals surface area contributed by atoms with Crippen molar-refractivity contribution in [3.05, 3.63) is 36.0 Å². The summed E-state index contributed by atoms with van der Waals surface area (Å²) in [4.78, 5) is 12.0. The number of aromatic nitrogens is 5. The third kappa shape index (κ3) is 3.90. The molecule has 1 amide bonds. The van der Waals surface area contributed by atoms with Crippen molar-refractivity contribution in [1.82, 2.24) is 25.0 Å². The third-order valence-corrected chi connectivity index (χ3v) is 4.48. The van der Waals surface area contributed by atoms with E-state index in [1.165, 1.54) is 17.8 Å². The highest BCUT2D eigenvalue weighted by atomic mass is 32.2. The number of nitrogens with zero attached hydrogens (tertiary/aromatic N) is 5. The van der Waals surface area contributed by atoms with E-state index in [9.17, 15) is 9.18 Å². The molecule has 136 valence electrons. The van der Waals surface area contributed by atoms with Crippen molar-refractivity contribution in [2.75, 3.05) is 11.1 Å². The monoisotopic (exact) mass is 376 g/mol. The lowest BCUT2D eigenvalue weighted by Crippen LogP contribution is -2.14. The van der Waals surface area contributed by atoms with Gasteiger partial charge in [-0.25, -0.2) is 4.39 Å². The zero-order valence-corrected chi connectivity index (χ0v) is 15.2. The largest absolute Gasteiger partial charge is 0.408 e. The summed E-state index contributed by atoms with van der Waals surface area (Å²) in [6, 6.07) is 6.38. The molecule has 1 N–H and O–H groups in total. The van der Waals surface area contributed by atoms with Gasteiger partial charge in [0.15, 0.2) is 11.0 Å². The predicted octanol–water partition coefficient (Wildman–Crippen LogP) is 2.86. The number of anilines is 1. The fraction of sp³-hybridized carbons (Fsp3) is 0.312. The summed E-state index contributed by atoms with van der Waals surface area (Å²) < 4.78 is 20.9. The van der Waals surface area contributed by atoms with Crippen molar-refractivity contribution in [3.8, 4) is 11.4 Å². The van der Waals surface area contributed by atoms with Gasteiger partial charge in [-0.15, -0.1) is 15.3 Å². The van der Waals surface area contributed by atoms with Crippen LogP contribution in [0.25, 0.3) is 11.4 Å². The first-order valence-electron chi connectivity index (χ1n) is 7.86. The van der Waals surface area contributed by atoms with E-state index in [-0.39, 0.29) is 29.4 Å². The smallest absolute Gasteiger partial charge is 0.322 e. The SMILES string of the molecule is CC(C)c1nnc(NC(=O)CSc2nnc(-c3ccccc3F)n2C)o1. The van der Waals surface area contributed by atoms with E-state index in [4.69, 9.17) is 4.42 Å². The molecule has 2 heterocycles. The van der Waals surface area contributed by atoms with Crippen molar-refractivity contribution in [1.29, 1.82) is 0 Å². The minimum atomic E-state index is -0.380. The van der Waals surface area contributed by atoms with Crippen molar-refractivity contribution >= 4 is 23.7 Å². The molecule has 3 aromatic rings. The molecule has 0 saturated heterocycles. The highest BCUT2D eigenvalue weighted by Gasteiger charge is 2.16. The molecular formula is C16H17FN6O2S. The molecule has 0 aliphatic rings. The van der Waals surface area contributed by atoms with Gasteiger partial charge in [0.05, 0.1) is 11.3 Å². The minimum Gasteiger partial charge on any atom is -0.408 e. The molecular weight excluding hydrogens is 359 g/mol. The molecule has 8 nitrogen and oxygen atoms in total. The Balaban J connectivity index is 1.63. The number of nitrogens with one attached hydrogen (secondary N) is 1. The van der Waals surface area contributed by atoms with E-state index in [0.717, 1.165) is 0 Å². The highest BCUT2D eigenvalue weighted by Crippen LogP contribution is 2.24. The van der Waals surface area contributed by atoms with Crippen LogP contribution in [-0.4, -0.2) is 36.6 Å². The lowest BCUT2D eigenvalue weighted by atomic mass is 10.2. The van der Waals surface area contributed by atoms with Gasteiger partial charge in [-0.05, 0) is 12.1 Å². The quantitative estimate of drug-likeness (QED) is 0.660. The zero-order valence-electron chi connectivity index (χ0n) is 14.4. The number of hydrogen-bond donors (Lipinski definition) is 1. The van der Waals surface area contributed by atoms with Crippen LogP contribution < -0.4 is 5.32 Å². The molecule has 0 radical (unpaired) electrons. The number of halogens is 1. The van der Waals surface area contributed by atoms with Crippen LogP contribution in [0.5, 0.6) is 0 Å². The number of amides is 1. The van der Waals surface area contributed by atoms with Crippen molar-refractivity contribution < 1.29 is 13.6 Å². The van der Waals surface area contributed by atoms with E-state index in [0.29, 0.717) is 22.4 Å². The molecule has 0 bridgehead atoms. The van der Waals surface area contributed by atoms with E-state index in [1.54, 1.807) is 29.8 Å². The minimum absolute atomic E-state index is 0.0595. The molecule has 1 aromatic carbocycles. The normalized spacial score (nSPS) is 11.1. The maximum atomic E-state index is 13.9. The van der Waals surface area contributed by atoms with Gasteiger partial charge in [-0.3, -0.25) is 10.1 Å². The Morgan fingerprint density at radius 3 is 2.73 bits per heavy atom. The van der Waals surface area contributed by atoms with Crippen LogP contribution in [-0.2, 0) is 11.8 Å². The molecule has 0 aliphatic carbocycles. The van der Waals surface area contributed by atoms with Crippen LogP contribution in [0.15, 0.2) is 33.8 Å².